The molecule has 1 aliphatic carbocycles. The topological polar surface area (TPSA) is 46.9 Å². The molecule has 1 fully saturated rings. The molecule has 104 valence electrons. The summed E-state index contributed by atoms with van der Waals surface area (Å²) in [4.78, 5) is 11.9. The third kappa shape index (κ3) is 2.59. The van der Waals surface area contributed by atoms with Gasteiger partial charge in [0.05, 0.1) is 23.6 Å². The fourth-order valence-corrected chi connectivity index (χ4v) is 2.36. The fourth-order valence-electron chi connectivity index (χ4n) is 2.36. The average Bonchev–Trinajstić information content (AvgIpc) is 3.25. The number of carbonyl (C=O) groups is 1. The summed E-state index contributed by atoms with van der Waals surface area (Å²) in [7, 11) is 0. The Morgan fingerprint density at radius 2 is 2.00 bits per heavy atom. The lowest BCUT2D eigenvalue weighted by Gasteiger charge is -2.06. The molecule has 20 heavy (non-hydrogen) atoms. The summed E-state index contributed by atoms with van der Waals surface area (Å²) in [6.07, 6.45) is 2.03. The van der Waals surface area contributed by atoms with Gasteiger partial charge in [-0.3, -0.25) is 9.48 Å². The molecule has 0 spiro atoms. The number of anilines is 1. The first-order valence-corrected chi connectivity index (χ1v) is 7.04. The number of carbonyl (C=O) groups excluding carboxylic acids is 1. The molecular formula is C16H19N3O. The van der Waals surface area contributed by atoms with Crippen LogP contribution in [0.15, 0.2) is 30.3 Å². The molecular weight excluding hydrogens is 250 g/mol. The molecule has 0 radical (unpaired) electrons. The molecule has 0 atom stereocenters. The number of aryl methyl sites for hydroxylation is 1. The summed E-state index contributed by atoms with van der Waals surface area (Å²) in [5.74, 6) is 0.349. The number of hydrogen-bond acceptors (Lipinski definition) is 2. The van der Waals surface area contributed by atoms with Crippen LogP contribution in [0.2, 0.25) is 0 Å². The number of aromatic nitrogens is 2. The second-order valence-electron chi connectivity index (χ2n) is 5.45. The SMILES string of the molecule is Cc1nn(Cc2ccccc2)c(C)c1NC(=O)C1CC1. The van der Waals surface area contributed by atoms with E-state index in [2.05, 4.69) is 22.5 Å². The minimum absolute atomic E-state index is 0.135. The van der Waals surface area contributed by atoms with E-state index in [9.17, 15) is 4.79 Å². The molecule has 1 aromatic carbocycles. The normalized spacial score (nSPS) is 14.3. The van der Waals surface area contributed by atoms with Crippen LogP contribution in [0.1, 0.15) is 29.8 Å². The zero-order valence-electron chi connectivity index (χ0n) is 11.9. The van der Waals surface area contributed by atoms with Gasteiger partial charge < -0.3 is 5.32 Å². The van der Waals surface area contributed by atoms with Crippen molar-refractivity contribution in [3.05, 3.63) is 47.3 Å². The Balaban J connectivity index is 1.80. The predicted octanol–water partition coefficient (Wildman–Crippen LogP) is 2.90. The van der Waals surface area contributed by atoms with Crippen molar-refractivity contribution >= 4 is 11.6 Å². The summed E-state index contributed by atoms with van der Waals surface area (Å²) >= 11 is 0. The number of rotatable bonds is 4. The van der Waals surface area contributed by atoms with Crippen LogP contribution in [-0.4, -0.2) is 15.7 Å². The van der Waals surface area contributed by atoms with Gasteiger partial charge >= 0.3 is 0 Å². The highest BCUT2D eigenvalue weighted by Crippen LogP contribution is 2.31. The maximum Gasteiger partial charge on any atom is 0.227 e. The van der Waals surface area contributed by atoms with Gasteiger partial charge in [0.2, 0.25) is 5.91 Å². The Bertz CT molecular complexity index is 627. The van der Waals surface area contributed by atoms with E-state index >= 15 is 0 Å². The summed E-state index contributed by atoms with van der Waals surface area (Å²) < 4.78 is 1.95. The van der Waals surface area contributed by atoms with Crippen LogP contribution in [-0.2, 0) is 11.3 Å². The van der Waals surface area contributed by atoms with Gasteiger partial charge in [-0.15, -0.1) is 0 Å². The Morgan fingerprint density at radius 3 is 2.65 bits per heavy atom. The van der Waals surface area contributed by atoms with E-state index in [1.807, 2.05) is 36.7 Å². The standard InChI is InChI=1S/C16H19N3O/c1-11-15(17-16(20)14-8-9-14)12(2)19(18-11)10-13-6-4-3-5-7-13/h3-7,14H,8-10H2,1-2H3,(H,17,20). The second-order valence-corrected chi connectivity index (χ2v) is 5.45. The quantitative estimate of drug-likeness (QED) is 0.927. The van der Waals surface area contributed by atoms with E-state index in [0.717, 1.165) is 36.5 Å². The molecule has 3 rings (SSSR count). The minimum Gasteiger partial charge on any atom is -0.323 e. The summed E-state index contributed by atoms with van der Waals surface area (Å²) in [6, 6.07) is 10.2. The van der Waals surface area contributed by atoms with Gasteiger partial charge in [0.25, 0.3) is 0 Å². The van der Waals surface area contributed by atoms with Crippen LogP contribution in [0.25, 0.3) is 0 Å². The Hall–Kier alpha value is -2.10. The van der Waals surface area contributed by atoms with Crippen LogP contribution in [0, 0.1) is 19.8 Å². The first-order chi connectivity index (χ1) is 9.65. The van der Waals surface area contributed by atoms with Crippen LogP contribution in [0.5, 0.6) is 0 Å². The Morgan fingerprint density at radius 1 is 1.30 bits per heavy atom. The van der Waals surface area contributed by atoms with Gasteiger partial charge in [-0.1, -0.05) is 30.3 Å². The van der Waals surface area contributed by atoms with Gasteiger partial charge in [-0.05, 0) is 32.3 Å². The van der Waals surface area contributed by atoms with Crippen LogP contribution >= 0.6 is 0 Å². The van der Waals surface area contributed by atoms with Gasteiger partial charge in [-0.2, -0.15) is 5.10 Å². The van der Waals surface area contributed by atoms with E-state index in [1.165, 1.54) is 5.56 Å². The molecule has 0 saturated heterocycles. The zero-order chi connectivity index (χ0) is 14.1. The number of nitrogens with one attached hydrogen (secondary N) is 1. The molecule has 0 bridgehead atoms. The van der Waals surface area contributed by atoms with Crippen molar-refractivity contribution in [1.82, 2.24) is 9.78 Å². The largest absolute Gasteiger partial charge is 0.323 e. The van der Waals surface area contributed by atoms with E-state index in [1.54, 1.807) is 0 Å². The van der Waals surface area contributed by atoms with Crippen molar-refractivity contribution in [3.8, 4) is 0 Å². The first-order valence-electron chi connectivity index (χ1n) is 7.04. The zero-order valence-corrected chi connectivity index (χ0v) is 11.9. The van der Waals surface area contributed by atoms with Crippen LogP contribution < -0.4 is 5.32 Å². The molecule has 0 aliphatic heterocycles. The van der Waals surface area contributed by atoms with Crippen molar-refractivity contribution in [1.29, 1.82) is 0 Å². The second kappa shape index (κ2) is 5.12. The average molecular weight is 269 g/mol. The molecule has 1 aromatic heterocycles. The van der Waals surface area contributed by atoms with E-state index in [0.29, 0.717) is 0 Å². The molecule has 1 amide bonds. The van der Waals surface area contributed by atoms with Crippen molar-refractivity contribution in [2.45, 2.75) is 33.2 Å². The predicted molar refractivity (Wildman–Crippen MR) is 78.6 cm³/mol. The number of amides is 1. The van der Waals surface area contributed by atoms with Crippen molar-refractivity contribution in [2.75, 3.05) is 5.32 Å². The van der Waals surface area contributed by atoms with E-state index in [-0.39, 0.29) is 11.8 Å². The lowest BCUT2D eigenvalue weighted by atomic mass is 10.2. The summed E-state index contributed by atoms with van der Waals surface area (Å²) in [6.45, 7) is 4.68. The lowest BCUT2D eigenvalue weighted by molar-refractivity contribution is -0.117. The van der Waals surface area contributed by atoms with Crippen LogP contribution in [0.3, 0.4) is 0 Å². The fraction of sp³-hybridized carbons (Fsp3) is 0.375. The summed E-state index contributed by atoms with van der Waals surface area (Å²) in [5.41, 5.74) is 3.98. The Kier molecular flexibility index (Phi) is 3.30. The molecule has 1 aliphatic rings. The van der Waals surface area contributed by atoms with Crippen molar-refractivity contribution in [2.24, 2.45) is 5.92 Å². The number of benzene rings is 1. The van der Waals surface area contributed by atoms with Crippen LogP contribution in [0.4, 0.5) is 5.69 Å². The number of hydrogen-bond donors (Lipinski definition) is 1. The Labute approximate surface area is 118 Å². The van der Waals surface area contributed by atoms with Gasteiger partial charge in [0.1, 0.15) is 0 Å². The summed E-state index contributed by atoms with van der Waals surface area (Å²) in [5, 5.41) is 7.56. The molecule has 1 N–H and O–H groups in total. The maximum atomic E-state index is 11.9. The molecule has 4 heteroatoms. The third-order valence-electron chi connectivity index (χ3n) is 3.75. The van der Waals surface area contributed by atoms with E-state index in [4.69, 9.17) is 0 Å². The molecule has 2 aromatic rings. The smallest absolute Gasteiger partial charge is 0.227 e. The van der Waals surface area contributed by atoms with Gasteiger partial charge in [0, 0.05) is 5.92 Å². The third-order valence-corrected chi connectivity index (χ3v) is 3.75. The minimum atomic E-state index is 0.135. The first kappa shape index (κ1) is 12.9. The highest BCUT2D eigenvalue weighted by molar-refractivity contribution is 5.95. The van der Waals surface area contributed by atoms with Gasteiger partial charge in [0.15, 0.2) is 0 Å². The monoisotopic (exact) mass is 269 g/mol. The van der Waals surface area contributed by atoms with Crippen molar-refractivity contribution < 1.29 is 4.79 Å². The highest BCUT2D eigenvalue weighted by Gasteiger charge is 2.30. The lowest BCUT2D eigenvalue weighted by Crippen LogP contribution is -2.14. The van der Waals surface area contributed by atoms with Crippen molar-refractivity contribution in [3.63, 3.8) is 0 Å². The molecule has 1 heterocycles. The number of nitrogens with zero attached hydrogens (tertiary/aromatic N) is 2. The highest BCUT2D eigenvalue weighted by atomic mass is 16.2. The van der Waals surface area contributed by atoms with E-state index < -0.39 is 0 Å². The van der Waals surface area contributed by atoms with Gasteiger partial charge in [-0.25, -0.2) is 0 Å². The maximum absolute atomic E-state index is 11.9. The molecule has 1 saturated carbocycles. The molecule has 4 nitrogen and oxygen atoms in total. The molecule has 0 unspecified atom stereocenters.